The Hall–Kier alpha value is -2.49. The van der Waals surface area contributed by atoms with Crippen LogP contribution in [0, 0.1) is 0 Å². The molecule has 0 radical (unpaired) electrons. The molecule has 0 aliphatic heterocycles. The minimum absolute atomic E-state index is 0.218. The number of anilines is 1. The van der Waals surface area contributed by atoms with Crippen molar-refractivity contribution in [1.82, 2.24) is 0 Å². The molecule has 0 heterocycles. The van der Waals surface area contributed by atoms with E-state index in [0.29, 0.717) is 6.54 Å². The van der Waals surface area contributed by atoms with Crippen molar-refractivity contribution in [3.8, 4) is 5.75 Å². The van der Waals surface area contributed by atoms with Crippen LogP contribution in [0.4, 0.5) is 5.69 Å². The molecule has 4 heteroatoms. The second-order valence-electron chi connectivity index (χ2n) is 4.79. The molecule has 0 spiro atoms. The number of carbonyl (C=O) groups excluding carboxylic acids is 1. The van der Waals surface area contributed by atoms with Crippen LogP contribution in [0.1, 0.15) is 12.5 Å². The van der Waals surface area contributed by atoms with E-state index in [0.717, 1.165) is 11.3 Å². The van der Waals surface area contributed by atoms with E-state index in [9.17, 15) is 9.90 Å². The maximum atomic E-state index is 11.9. The summed E-state index contributed by atoms with van der Waals surface area (Å²) in [4.78, 5) is 13.8. The molecule has 0 aromatic heterocycles. The van der Waals surface area contributed by atoms with Gasteiger partial charge in [0.25, 0.3) is 0 Å². The number of aromatic hydroxyl groups is 1. The van der Waals surface area contributed by atoms with Crippen molar-refractivity contribution in [3.63, 3.8) is 0 Å². The van der Waals surface area contributed by atoms with Gasteiger partial charge in [0.1, 0.15) is 11.8 Å². The van der Waals surface area contributed by atoms with Crippen LogP contribution in [0.25, 0.3) is 0 Å². The van der Waals surface area contributed by atoms with Crippen molar-refractivity contribution in [2.45, 2.75) is 19.5 Å². The molecule has 1 unspecified atom stereocenters. The maximum Gasteiger partial charge on any atom is 0.328 e. The average Bonchev–Trinajstić information content (AvgIpc) is 2.53. The summed E-state index contributed by atoms with van der Waals surface area (Å²) in [6.07, 6.45) is 0. The van der Waals surface area contributed by atoms with E-state index in [2.05, 4.69) is 0 Å². The molecule has 0 saturated carbocycles. The van der Waals surface area contributed by atoms with Crippen molar-refractivity contribution in [3.05, 3.63) is 60.2 Å². The predicted octanol–water partition coefficient (Wildman–Crippen LogP) is 2.96. The summed E-state index contributed by atoms with van der Waals surface area (Å²) in [5.41, 5.74) is 1.66. The molecule has 2 rings (SSSR count). The van der Waals surface area contributed by atoms with E-state index in [4.69, 9.17) is 4.74 Å². The van der Waals surface area contributed by atoms with Crippen molar-refractivity contribution in [2.75, 3.05) is 12.0 Å². The van der Waals surface area contributed by atoms with Gasteiger partial charge in [-0.05, 0) is 25.1 Å². The molecule has 110 valence electrons. The Balaban J connectivity index is 2.33. The van der Waals surface area contributed by atoms with Crippen molar-refractivity contribution in [2.24, 2.45) is 0 Å². The number of phenolic OH excluding ortho intramolecular Hbond substituents is 1. The fourth-order valence-electron chi connectivity index (χ4n) is 2.20. The highest BCUT2D eigenvalue weighted by atomic mass is 16.5. The number of phenols is 1. The SMILES string of the molecule is COC(=O)C(C)N(Cc1ccccc1O)c1ccccc1. The first kappa shape index (κ1) is 14.9. The predicted molar refractivity (Wildman–Crippen MR) is 82.2 cm³/mol. The largest absolute Gasteiger partial charge is 0.508 e. The summed E-state index contributed by atoms with van der Waals surface area (Å²) in [5, 5.41) is 9.94. The summed E-state index contributed by atoms with van der Waals surface area (Å²) in [6, 6.07) is 16.3. The fourth-order valence-corrected chi connectivity index (χ4v) is 2.20. The smallest absolute Gasteiger partial charge is 0.328 e. The second-order valence-corrected chi connectivity index (χ2v) is 4.79. The third-order valence-corrected chi connectivity index (χ3v) is 3.43. The number of ether oxygens (including phenoxy) is 1. The van der Waals surface area contributed by atoms with Gasteiger partial charge in [-0.3, -0.25) is 0 Å². The van der Waals surface area contributed by atoms with Gasteiger partial charge in [-0.1, -0.05) is 36.4 Å². The summed E-state index contributed by atoms with van der Waals surface area (Å²) in [5.74, 6) is -0.0928. The first-order chi connectivity index (χ1) is 10.1. The number of esters is 1. The molecule has 2 aromatic carbocycles. The molecule has 0 fully saturated rings. The van der Waals surface area contributed by atoms with Gasteiger partial charge in [0, 0.05) is 17.8 Å². The Morgan fingerprint density at radius 1 is 1.14 bits per heavy atom. The lowest BCUT2D eigenvalue weighted by Gasteiger charge is -2.29. The first-order valence-electron chi connectivity index (χ1n) is 6.80. The Kier molecular flexibility index (Phi) is 4.82. The van der Waals surface area contributed by atoms with Crippen LogP contribution in [0.15, 0.2) is 54.6 Å². The molecule has 4 nitrogen and oxygen atoms in total. The zero-order valence-electron chi connectivity index (χ0n) is 12.2. The summed E-state index contributed by atoms with van der Waals surface area (Å²) < 4.78 is 4.84. The van der Waals surface area contributed by atoms with Gasteiger partial charge < -0.3 is 14.7 Å². The Labute approximate surface area is 124 Å². The quantitative estimate of drug-likeness (QED) is 0.858. The molecule has 1 N–H and O–H groups in total. The van der Waals surface area contributed by atoms with Crippen molar-refractivity contribution in [1.29, 1.82) is 0 Å². The van der Waals surface area contributed by atoms with E-state index >= 15 is 0 Å². The van der Waals surface area contributed by atoms with Crippen molar-refractivity contribution >= 4 is 11.7 Å². The monoisotopic (exact) mass is 285 g/mol. The summed E-state index contributed by atoms with van der Waals surface area (Å²) in [7, 11) is 1.38. The number of methoxy groups -OCH3 is 1. The lowest BCUT2D eigenvalue weighted by molar-refractivity contribution is -0.141. The Morgan fingerprint density at radius 3 is 2.38 bits per heavy atom. The van der Waals surface area contributed by atoms with E-state index in [1.54, 1.807) is 19.1 Å². The third-order valence-electron chi connectivity index (χ3n) is 3.43. The highest BCUT2D eigenvalue weighted by Crippen LogP contribution is 2.24. The normalized spacial score (nSPS) is 11.7. The minimum Gasteiger partial charge on any atom is -0.508 e. The summed E-state index contributed by atoms with van der Waals surface area (Å²) >= 11 is 0. The molecule has 0 saturated heterocycles. The van der Waals surface area contributed by atoms with Gasteiger partial charge in [-0.25, -0.2) is 4.79 Å². The van der Waals surface area contributed by atoms with Crippen LogP contribution in [0.2, 0.25) is 0 Å². The van der Waals surface area contributed by atoms with Gasteiger partial charge in [0.05, 0.1) is 7.11 Å². The molecular formula is C17H19NO3. The molecule has 0 aliphatic carbocycles. The number of rotatable bonds is 5. The van der Waals surface area contributed by atoms with Crippen LogP contribution in [-0.2, 0) is 16.1 Å². The third kappa shape index (κ3) is 3.54. The van der Waals surface area contributed by atoms with Crippen LogP contribution in [0.3, 0.4) is 0 Å². The zero-order valence-corrected chi connectivity index (χ0v) is 12.2. The van der Waals surface area contributed by atoms with E-state index in [-0.39, 0.29) is 11.7 Å². The highest BCUT2D eigenvalue weighted by Gasteiger charge is 2.23. The fraction of sp³-hybridized carbons (Fsp3) is 0.235. The molecule has 2 aromatic rings. The van der Waals surface area contributed by atoms with Crippen LogP contribution in [0.5, 0.6) is 5.75 Å². The highest BCUT2D eigenvalue weighted by molar-refractivity contribution is 5.79. The Bertz CT molecular complexity index is 598. The van der Waals surface area contributed by atoms with E-state index < -0.39 is 6.04 Å². The second kappa shape index (κ2) is 6.79. The first-order valence-corrected chi connectivity index (χ1v) is 6.80. The standard InChI is InChI=1S/C17H19NO3/c1-13(17(20)21-2)18(15-9-4-3-5-10-15)12-14-8-6-7-11-16(14)19/h3-11,13,19H,12H2,1-2H3. The molecular weight excluding hydrogens is 266 g/mol. The number of carbonyl (C=O) groups is 1. The average molecular weight is 285 g/mol. The van der Waals surface area contributed by atoms with Crippen LogP contribution in [-0.4, -0.2) is 24.2 Å². The maximum absolute atomic E-state index is 11.9. The van der Waals surface area contributed by atoms with Gasteiger partial charge in [0.2, 0.25) is 0 Å². The number of benzene rings is 2. The number of nitrogens with zero attached hydrogens (tertiary/aromatic N) is 1. The summed E-state index contributed by atoms with van der Waals surface area (Å²) in [6.45, 7) is 2.21. The molecule has 0 bridgehead atoms. The van der Waals surface area contributed by atoms with Crippen LogP contribution < -0.4 is 4.90 Å². The lowest BCUT2D eigenvalue weighted by atomic mass is 10.1. The van der Waals surface area contributed by atoms with E-state index in [1.165, 1.54) is 7.11 Å². The van der Waals surface area contributed by atoms with E-state index in [1.807, 2.05) is 47.4 Å². The number of hydrogen-bond donors (Lipinski definition) is 1. The molecule has 0 aliphatic rings. The number of hydrogen-bond acceptors (Lipinski definition) is 4. The lowest BCUT2D eigenvalue weighted by Crippen LogP contribution is -2.39. The molecule has 21 heavy (non-hydrogen) atoms. The van der Waals surface area contributed by atoms with Crippen molar-refractivity contribution < 1.29 is 14.6 Å². The molecule has 1 atom stereocenters. The van der Waals surface area contributed by atoms with Crippen LogP contribution >= 0.6 is 0 Å². The minimum atomic E-state index is -0.447. The number of para-hydroxylation sites is 2. The van der Waals surface area contributed by atoms with Gasteiger partial charge in [0.15, 0.2) is 0 Å². The zero-order chi connectivity index (χ0) is 15.2. The Morgan fingerprint density at radius 2 is 1.76 bits per heavy atom. The van der Waals surface area contributed by atoms with Gasteiger partial charge in [-0.2, -0.15) is 0 Å². The van der Waals surface area contributed by atoms with Gasteiger partial charge >= 0.3 is 5.97 Å². The molecule has 0 amide bonds. The topological polar surface area (TPSA) is 49.8 Å². The van der Waals surface area contributed by atoms with Gasteiger partial charge in [-0.15, -0.1) is 0 Å².